The van der Waals surface area contributed by atoms with Crippen LogP contribution in [0.15, 0.2) is 65.7 Å². The van der Waals surface area contributed by atoms with Crippen molar-refractivity contribution in [1.29, 1.82) is 0 Å². The number of aliphatic imine (C=N–C) groups is 1. The van der Waals surface area contributed by atoms with Gasteiger partial charge >= 0.3 is 0 Å². The lowest BCUT2D eigenvalue weighted by Gasteiger charge is -2.08. The first-order chi connectivity index (χ1) is 12.5. The number of aryl methyl sites for hydroxylation is 2. The van der Waals surface area contributed by atoms with E-state index in [1.54, 1.807) is 12.1 Å². The number of halogens is 2. The lowest BCUT2D eigenvalue weighted by Crippen LogP contribution is -1.96. The van der Waals surface area contributed by atoms with Gasteiger partial charge in [0.2, 0.25) is 0 Å². The van der Waals surface area contributed by atoms with Crippen molar-refractivity contribution in [3.05, 3.63) is 93.0 Å². The summed E-state index contributed by atoms with van der Waals surface area (Å²) in [6.07, 6.45) is 1.86. The van der Waals surface area contributed by atoms with Crippen molar-refractivity contribution in [2.45, 2.75) is 20.5 Å². The molecule has 4 heteroatoms. The third-order valence-corrected chi connectivity index (χ3v) is 4.58. The highest BCUT2D eigenvalue weighted by Crippen LogP contribution is 2.23. The molecule has 0 aromatic heterocycles. The summed E-state index contributed by atoms with van der Waals surface area (Å²) < 4.78 is 5.79. The Morgan fingerprint density at radius 1 is 0.923 bits per heavy atom. The van der Waals surface area contributed by atoms with Gasteiger partial charge in [-0.25, -0.2) is 0 Å². The molecule has 3 rings (SSSR count). The second kappa shape index (κ2) is 8.39. The van der Waals surface area contributed by atoms with E-state index in [-0.39, 0.29) is 0 Å². The predicted octanol–water partition coefficient (Wildman–Crippen LogP) is 6.94. The Morgan fingerprint density at radius 2 is 1.69 bits per heavy atom. The molecule has 0 heterocycles. The number of ether oxygens (including phenoxy) is 1. The van der Waals surface area contributed by atoms with E-state index in [2.05, 4.69) is 31.0 Å². The van der Waals surface area contributed by atoms with E-state index in [0.717, 1.165) is 22.6 Å². The highest BCUT2D eigenvalue weighted by Gasteiger charge is 2.03. The molecule has 3 aromatic carbocycles. The van der Waals surface area contributed by atoms with Crippen LogP contribution in [0.25, 0.3) is 0 Å². The minimum Gasteiger partial charge on any atom is -0.489 e. The van der Waals surface area contributed by atoms with Crippen LogP contribution in [-0.2, 0) is 6.61 Å². The van der Waals surface area contributed by atoms with Crippen molar-refractivity contribution in [3.8, 4) is 5.75 Å². The fourth-order valence-corrected chi connectivity index (χ4v) is 3.01. The van der Waals surface area contributed by atoms with Crippen LogP contribution in [0.1, 0.15) is 22.3 Å². The Morgan fingerprint density at radius 3 is 2.38 bits per heavy atom. The van der Waals surface area contributed by atoms with Gasteiger partial charge in [-0.05, 0) is 67.4 Å². The van der Waals surface area contributed by atoms with Crippen LogP contribution >= 0.6 is 23.2 Å². The molecule has 0 saturated carbocycles. The van der Waals surface area contributed by atoms with E-state index in [9.17, 15) is 0 Å². The van der Waals surface area contributed by atoms with E-state index in [0.29, 0.717) is 16.7 Å². The normalized spacial score (nSPS) is 11.1. The van der Waals surface area contributed by atoms with Gasteiger partial charge in [-0.3, -0.25) is 4.99 Å². The molecule has 0 amide bonds. The number of hydrogen-bond acceptors (Lipinski definition) is 2. The number of hydrogen-bond donors (Lipinski definition) is 0. The summed E-state index contributed by atoms with van der Waals surface area (Å²) in [6.45, 7) is 4.54. The molecule has 0 spiro atoms. The van der Waals surface area contributed by atoms with E-state index in [4.69, 9.17) is 27.9 Å². The molecule has 2 nitrogen and oxygen atoms in total. The molecule has 0 aliphatic rings. The van der Waals surface area contributed by atoms with Crippen LogP contribution in [0.2, 0.25) is 10.0 Å². The number of benzene rings is 3. The standard InChI is InChI=1S/C22H19Cl2NO/c1-15-3-10-22(16(2)11-15)25-13-17-4-8-20(9-5-17)26-14-18-6-7-19(23)12-21(18)24/h3-13H,14H2,1-2H3. The quantitative estimate of drug-likeness (QED) is 0.437. The lowest BCUT2D eigenvalue weighted by molar-refractivity contribution is 0.306. The molecule has 0 aliphatic heterocycles. The molecule has 0 aliphatic carbocycles. The first kappa shape index (κ1) is 18.5. The summed E-state index contributed by atoms with van der Waals surface area (Å²) >= 11 is 12.1. The Kier molecular flexibility index (Phi) is 5.97. The van der Waals surface area contributed by atoms with Crippen LogP contribution in [0, 0.1) is 13.8 Å². The molecule has 0 saturated heterocycles. The molecule has 0 atom stereocenters. The van der Waals surface area contributed by atoms with Crippen molar-refractivity contribution in [3.63, 3.8) is 0 Å². The zero-order valence-electron chi connectivity index (χ0n) is 14.7. The Bertz CT molecular complexity index is 933. The predicted molar refractivity (Wildman–Crippen MR) is 110 cm³/mol. The fourth-order valence-electron chi connectivity index (χ4n) is 2.54. The third-order valence-electron chi connectivity index (χ3n) is 3.99. The molecule has 0 unspecified atom stereocenters. The van der Waals surface area contributed by atoms with Gasteiger partial charge in [0.05, 0.1) is 5.69 Å². The van der Waals surface area contributed by atoms with E-state index >= 15 is 0 Å². The minimum absolute atomic E-state index is 0.395. The summed E-state index contributed by atoms with van der Waals surface area (Å²) in [5.41, 5.74) is 5.30. The Balaban J connectivity index is 1.63. The second-order valence-corrected chi connectivity index (χ2v) is 6.99. The first-order valence-corrected chi connectivity index (χ1v) is 9.05. The zero-order valence-corrected chi connectivity index (χ0v) is 16.2. The van der Waals surface area contributed by atoms with Gasteiger partial charge < -0.3 is 4.74 Å². The van der Waals surface area contributed by atoms with Crippen molar-refractivity contribution >= 4 is 35.1 Å². The van der Waals surface area contributed by atoms with Gasteiger partial charge in [0.25, 0.3) is 0 Å². The summed E-state index contributed by atoms with van der Waals surface area (Å²) in [7, 11) is 0. The fraction of sp³-hybridized carbons (Fsp3) is 0.136. The molecule has 132 valence electrons. The lowest BCUT2D eigenvalue weighted by atomic mass is 10.1. The highest BCUT2D eigenvalue weighted by atomic mass is 35.5. The summed E-state index contributed by atoms with van der Waals surface area (Å²) in [5, 5.41) is 1.22. The maximum atomic E-state index is 6.16. The maximum absolute atomic E-state index is 6.16. The highest BCUT2D eigenvalue weighted by molar-refractivity contribution is 6.35. The molecule has 0 N–H and O–H groups in total. The maximum Gasteiger partial charge on any atom is 0.119 e. The smallest absolute Gasteiger partial charge is 0.119 e. The van der Waals surface area contributed by atoms with E-state index in [1.807, 2.05) is 42.6 Å². The van der Waals surface area contributed by atoms with Gasteiger partial charge in [0.15, 0.2) is 0 Å². The Labute approximate surface area is 164 Å². The van der Waals surface area contributed by atoms with Gasteiger partial charge in [-0.2, -0.15) is 0 Å². The van der Waals surface area contributed by atoms with Crippen LogP contribution in [0.4, 0.5) is 5.69 Å². The average molecular weight is 384 g/mol. The number of rotatable bonds is 5. The molecule has 0 fully saturated rings. The monoisotopic (exact) mass is 383 g/mol. The van der Waals surface area contributed by atoms with E-state index < -0.39 is 0 Å². The van der Waals surface area contributed by atoms with Gasteiger partial charge in [0, 0.05) is 21.8 Å². The molecular formula is C22H19Cl2NO. The summed E-state index contributed by atoms with van der Waals surface area (Å²) in [4.78, 5) is 4.56. The Hall–Kier alpha value is -2.29. The van der Waals surface area contributed by atoms with Crippen molar-refractivity contribution in [2.24, 2.45) is 4.99 Å². The van der Waals surface area contributed by atoms with Gasteiger partial charge in [-0.1, -0.05) is 47.0 Å². The molecule has 0 radical (unpaired) electrons. The van der Waals surface area contributed by atoms with Crippen molar-refractivity contribution in [2.75, 3.05) is 0 Å². The molecular weight excluding hydrogens is 365 g/mol. The van der Waals surface area contributed by atoms with Crippen molar-refractivity contribution < 1.29 is 4.74 Å². The topological polar surface area (TPSA) is 21.6 Å². The SMILES string of the molecule is Cc1ccc(N=Cc2ccc(OCc3ccc(Cl)cc3Cl)cc2)c(C)c1. The first-order valence-electron chi connectivity index (χ1n) is 8.29. The van der Waals surface area contributed by atoms with Crippen LogP contribution in [0.5, 0.6) is 5.75 Å². The summed E-state index contributed by atoms with van der Waals surface area (Å²) in [5.74, 6) is 0.777. The average Bonchev–Trinajstić information content (AvgIpc) is 2.61. The largest absolute Gasteiger partial charge is 0.489 e. The molecule has 0 bridgehead atoms. The number of nitrogens with zero attached hydrogens (tertiary/aromatic N) is 1. The second-order valence-electron chi connectivity index (χ2n) is 6.14. The van der Waals surface area contributed by atoms with Crippen LogP contribution in [0.3, 0.4) is 0 Å². The van der Waals surface area contributed by atoms with E-state index in [1.165, 1.54) is 11.1 Å². The third kappa shape index (κ3) is 4.87. The van der Waals surface area contributed by atoms with Crippen LogP contribution < -0.4 is 4.74 Å². The summed E-state index contributed by atoms with van der Waals surface area (Å²) in [6, 6.07) is 19.4. The minimum atomic E-state index is 0.395. The van der Waals surface area contributed by atoms with Crippen LogP contribution in [-0.4, -0.2) is 6.21 Å². The van der Waals surface area contributed by atoms with Gasteiger partial charge in [0.1, 0.15) is 12.4 Å². The molecule has 26 heavy (non-hydrogen) atoms. The molecule has 3 aromatic rings. The van der Waals surface area contributed by atoms with Crippen molar-refractivity contribution in [1.82, 2.24) is 0 Å². The van der Waals surface area contributed by atoms with Gasteiger partial charge in [-0.15, -0.1) is 0 Å². The zero-order chi connectivity index (χ0) is 18.5.